The molecule has 1 saturated heterocycles. The summed E-state index contributed by atoms with van der Waals surface area (Å²) in [5.41, 5.74) is 2.74. The lowest BCUT2D eigenvalue weighted by Crippen LogP contribution is -2.44. The molecule has 0 saturated carbocycles. The molecule has 33 heavy (non-hydrogen) atoms. The van der Waals surface area contributed by atoms with Crippen LogP contribution in [0.4, 0.5) is 5.82 Å². The lowest BCUT2D eigenvalue weighted by atomic mass is 10.1. The van der Waals surface area contributed by atoms with E-state index in [1.807, 2.05) is 56.3 Å². The molecule has 1 aliphatic heterocycles. The minimum Gasteiger partial charge on any atom is -0.368 e. The van der Waals surface area contributed by atoms with Crippen LogP contribution in [0.1, 0.15) is 18.1 Å². The molecule has 0 amide bonds. The van der Waals surface area contributed by atoms with Crippen LogP contribution in [0.3, 0.4) is 0 Å². The Morgan fingerprint density at radius 3 is 2.52 bits per heavy atom. The molecule has 9 heteroatoms. The fourth-order valence-corrected chi connectivity index (χ4v) is 3.56. The van der Waals surface area contributed by atoms with E-state index in [0.717, 1.165) is 37.4 Å². The van der Waals surface area contributed by atoms with Crippen LogP contribution in [-0.2, 0) is 6.42 Å². The number of allylic oxidation sites excluding steroid dienone is 2. The maximum absolute atomic E-state index is 8.48. The summed E-state index contributed by atoms with van der Waals surface area (Å²) in [6.45, 7) is 5.92. The normalized spacial score (nSPS) is 15.2. The third-order valence-corrected chi connectivity index (χ3v) is 5.60. The number of likely N-dealkylation sites (N-methyl/N-ethyl adjacent to an activating group) is 1. The first kappa shape index (κ1) is 24.1. The molecule has 0 aliphatic carbocycles. The minimum absolute atomic E-state index is 0.155. The predicted molar refractivity (Wildman–Crippen MR) is 134 cm³/mol. The van der Waals surface area contributed by atoms with Gasteiger partial charge in [-0.05, 0) is 37.7 Å². The third kappa shape index (κ3) is 6.23. The van der Waals surface area contributed by atoms with E-state index in [4.69, 9.17) is 16.2 Å². The fraction of sp³-hybridized carbons (Fsp3) is 0.375. The summed E-state index contributed by atoms with van der Waals surface area (Å²) >= 11 is 0. The van der Waals surface area contributed by atoms with Crippen molar-refractivity contribution in [3.8, 4) is 0 Å². The van der Waals surface area contributed by atoms with Gasteiger partial charge in [-0.3, -0.25) is 16.2 Å². The van der Waals surface area contributed by atoms with Crippen LogP contribution < -0.4 is 10.4 Å². The molecule has 0 unspecified atom stereocenters. The Balaban J connectivity index is 1.71. The first-order valence-electron chi connectivity index (χ1n) is 11.0. The zero-order valence-corrected chi connectivity index (χ0v) is 19.8. The van der Waals surface area contributed by atoms with Gasteiger partial charge in [0.1, 0.15) is 17.1 Å². The Morgan fingerprint density at radius 2 is 1.85 bits per heavy atom. The van der Waals surface area contributed by atoms with Gasteiger partial charge in [-0.1, -0.05) is 24.3 Å². The topological polar surface area (TPSA) is 111 Å². The highest BCUT2D eigenvalue weighted by molar-refractivity contribution is 6.03. The van der Waals surface area contributed by atoms with Gasteiger partial charge in [-0.25, -0.2) is 4.99 Å². The van der Waals surface area contributed by atoms with Crippen molar-refractivity contribution in [3.05, 3.63) is 64.8 Å². The number of piperazine rings is 1. The largest absolute Gasteiger partial charge is 0.368 e. The molecule has 1 fully saturated rings. The van der Waals surface area contributed by atoms with Gasteiger partial charge < -0.3 is 14.7 Å². The lowest BCUT2D eigenvalue weighted by molar-refractivity contribution is 0.193. The number of hydrogen-bond donors (Lipinski definition) is 3. The molecular formula is C24H33N9. The second kappa shape index (κ2) is 10.8. The number of nitrogens with one attached hydrogen (secondary N) is 3. The van der Waals surface area contributed by atoms with Crippen LogP contribution in [0.25, 0.3) is 0 Å². The number of aliphatic imine (C=N–C) groups is 1. The number of aromatic nitrogens is 2. The molecule has 9 nitrogen and oxygen atoms in total. The van der Waals surface area contributed by atoms with Gasteiger partial charge in [0.05, 0.1) is 11.9 Å². The zero-order valence-electron chi connectivity index (χ0n) is 19.8. The highest BCUT2D eigenvalue weighted by Gasteiger charge is 2.15. The van der Waals surface area contributed by atoms with Crippen molar-refractivity contribution in [1.82, 2.24) is 19.6 Å². The smallest absolute Gasteiger partial charge is 0.151 e. The van der Waals surface area contributed by atoms with Crippen LogP contribution in [0.5, 0.6) is 0 Å². The molecule has 0 spiro atoms. The maximum atomic E-state index is 8.48. The molecule has 0 atom stereocenters. The number of rotatable bonds is 6. The number of hydrogen-bond acceptors (Lipinski definition) is 7. The van der Waals surface area contributed by atoms with Crippen LogP contribution in [0.15, 0.2) is 53.2 Å². The summed E-state index contributed by atoms with van der Waals surface area (Å²) in [6.07, 6.45) is 4.10. The van der Waals surface area contributed by atoms with E-state index in [-0.39, 0.29) is 17.2 Å². The van der Waals surface area contributed by atoms with Crippen molar-refractivity contribution in [2.45, 2.75) is 13.3 Å². The van der Waals surface area contributed by atoms with Crippen molar-refractivity contribution >= 4 is 23.7 Å². The molecule has 1 aliphatic rings. The summed E-state index contributed by atoms with van der Waals surface area (Å²) in [6, 6.07) is 10.9. The number of benzene rings is 1. The van der Waals surface area contributed by atoms with Gasteiger partial charge in [0.15, 0.2) is 5.84 Å². The average molecular weight is 448 g/mol. The van der Waals surface area contributed by atoms with E-state index in [0.29, 0.717) is 17.8 Å². The van der Waals surface area contributed by atoms with Gasteiger partial charge in [0, 0.05) is 52.3 Å². The van der Waals surface area contributed by atoms with Crippen LogP contribution in [0, 0.1) is 16.2 Å². The van der Waals surface area contributed by atoms with Gasteiger partial charge >= 0.3 is 0 Å². The predicted octanol–water partition coefficient (Wildman–Crippen LogP) is 2.04. The quantitative estimate of drug-likeness (QED) is 0.465. The lowest BCUT2D eigenvalue weighted by Gasteiger charge is -2.34. The van der Waals surface area contributed by atoms with E-state index < -0.39 is 0 Å². The standard InChI is InChI=1S/C24H33N9/c1-5-20(32-13-11-31(4)12-14-32)17-28-24(27)19-8-6-7-18(15-19)16-22(26)33-21(25)9-10-23(29-33)30(2)3/h5-10,15,17,25-27H,11-14,16H2,1-4H3/b20-5+,25-21?,26-22?,27-24?,28-17?. The Morgan fingerprint density at radius 1 is 1.12 bits per heavy atom. The first-order valence-corrected chi connectivity index (χ1v) is 11.0. The van der Waals surface area contributed by atoms with Crippen LogP contribution in [0.2, 0.25) is 0 Å². The maximum Gasteiger partial charge on any atom is 0.151 e. The van der Waals surface area contributed by atoms with Gasteiger partial charge in [0.25, 0.3) is 0 Å². The molecule has 0 radical (unpaired) electrons. The van der Waals surface area contributed by atoms with E-state index in [1.54, 1.807) is 18.3 Å². The summed E-state index contributed by atoms with van der Waals surface area (Å²) < 4.78 is 1.33. The van der Waals surface area contributed by atoms with Crippen molar-refractivity contribution in [1.29, 1.82) is 16.2 Å². The van der Waals surface area contributed by atoms with Crippen molar-refractivity contribution < 1.29 is 0 Å². The Hall–Kier alpha value is -3.59. The fourth-order valence-electron chi connectivity index (χ4n) is 3.56. The minimum atomic E-state index is 0.155. The molecule has 3 rings (SSSR count). The average Bonchev–Trinajstić information content (AvgIpc) is 2.80. The van der Waals surface area contributed by atoms with E-state index >= 15 is 0 Å². The van der Waals surface area contributed by atoms with Gasteiger partial charge in [-0.15, -0.1) is 5.10 Å². The Bertz CT molecular complexity index is 1120. The number of anilines is 1. The first-order chi connectivity index (χ1) is 15.8. The summed E-state index contributed by atoms with van der Waals surface area (Å²) in [4.78, 5) is 10.8. The summed E-state index contributed by atoms with van der Waals surface area (Å²) in [7, 11) is 5.87. The Kier molecular flexibility index (Phi) is 7.89. The molecule has 0 bridgehead atoms. The van der Waals surface area contributed by atoms with E-state index in [1.165, 1.54) is 4.68 Å². The molecule has 2 heterocycles. The second-order valence-electron chi connectivity index (χ2n) is 8.32. The van der Waals surface area contributed by atoms with Crippen LogP contribution in [-0.4, -0.2) is 84.8 Å². The number of nitrogens with zero attached hydrogens (tertiary/aromatic N) is 6. The second-order valence-corrected chi connectivity index (χ2v) is 8.32. The summed E-state index contributed by atoms with van der Waals surface area (Å²) in [5, 5.41) is 29.4. The van der Waals surface area contributed by atoms with Gasteiger partial charge in [-0.2, -0.15) is 4.68 Å². The number of amidine groups is 1. The highest BCUT2D eigenvalue weighted by Crippen LogP contribution is 2.11. The molecule has 3 N–H and O–H groups in total. The third-order valence-electron chi connectivity index (χ3n) is 5.60. The Labute approximate surface area is 195 Å². The molecule has 2 aromatic rings. The SMILES string of the molecule is C/C=C(\C=NC(=N)c1cccc(CC(=N)n2nc(N(C)C)ccc2=N)c1)N1CCN(C)CC1. The molecule has 1 aromatic carbocycles. The molecule has 1 aromatic heterocycles. The van der Waals surface area contributed by atoms with Crippen LogP contribution >= 0.6 is 0 Å². The van der Waals surface area contributed by atoms with Crippen molar-refractivity contribution in [3.63, 3.8) is 0 Å². The molecular weight excluding hydrogens is 414 g/mol. The highest BCUT2D eigenvalue weighted by atomic mass is 15.3. The van der Waals surface area contributed by atoms with Crippen molar-refractivity contribution in [2.24, 2.45) is 4.99 Å². The monoisotopic (exact) mass is 447 g/mol. The summed E-state index contributed by atoms with van der Waals surface area (Å²) in [5.74, 6) is 1.06. The van der Waals surface area contributed by atoms with Crippen molar-refractivity contribution in [2.75, 3.05) is 52.2 Å². The van der Waals surface area contributed by atoms with E-state index in [2.05, 4.69) is 26.9 Å². The zero-order chi connectivity index (χ0) is 24.0. The van der Waals surface area contributed by atoms with Gasteiger partial charge in [0.2, 0.25) is 0 Å². The van der Waals surface area contributed by atoms with E-state index in [9.17, 15) is 0 Å². The molecule has 174 valence electrons.